The third-order valence-corrected chi connectivity index (χ3v) is 3.46. The number of nitrogens with zero attached hydrogens (tertiary/aromatic N) is 3. The van der Waals surface area contributed by atoms with Gasteiger partial charge in [-0.2, -0.15) is 0 Å². The smallest absolute Gasteiger partial charge is 0.325 e. The molecule has 0 spiro atoms. The first-order valence-electron chi connectivity index (χ1n) is 8.20. The number of hydrogen-bond donors (Lipinski definition) is 3. The van der Waals surface area contributed by atoms with Crippen molar-refractivity contribution in [2.24, 2.45) is 16.5 Å². The van der Waals surface area contributed by atoms with Crippen molar-refractivity contribution >= 4 is 17.8 Å². The van der Waals surface area contributed by atoms with Gasteiger partial charge < -0.3 is 21.1 Å². The number of hydrogen-bond acceptors (Lipinski definition) is 7. The molecule has 0 aliphatic carbocycles. The second-order valence-electron chi connectivity index (χ2n) is 5.73. The molecule has 11 heteroatoms. The Hall–Kier alpha value is -3.21. The molecular formula is C16H24N6O5. The van der Waals surface area contributed by atoms with E-state index in [4.69, 9.17) is 16.2 Å². The second kappa shape index (κ2) is 11.4. The number of carbonyl (C=O) groups is 2. The molecule has 0 bridgehead atoms. The minimum Gasteiger partial charge on any atom is -0.459 e. The number of esters is 1. The zero-order chi connectivity index (χ0) is 20.2. The predicted octanol–water partition coefficient (Wildman–Crippen LogP) is -0.608. The summed E-state index contributed by atoms with van der Waals surface area (Å²) in [6.07, 6.45) is 0.691. The molecule has 1 aromatic rings. The Morgan fingerprint density at radius 2 is 2.04 bits per heavy atom. The molecule has 0 aliphatic rings. The van der Waals surface area contributed by atoms with Crippen LogP contribution >= 0.6 is 0 Å². The van der Waals surface area contributed by atoms with Gasteiger partial charge in [-0.1, -0.05) is 35.8 Å². The lowest BCUT2D eigenvalue weighted by Gasteiger charge is -2.20. The number of likely N-dealkylation sites (N-methyl/N-ethyl adjacent to an activating group) is 1. The normalized spacial score (nSPS) is 12.1. The van der Waals surface area contributed by atoms with E-state index < -0.39 is 23.0 Å². The second-order valence-corrected chi connectivity index (χ2v) is 5.73. The van der Waals surface area contributed by atoms with Crippen LogP contribution in [0.1, 0.15) is 18.4 Å². The van der Waals surface area contributed by atoms with Crippen LogP contribution in [0.3, 0.4) is 0 Å². The van der Waals surface area contributed by atoms with Gasteiger partial charge in [0.25, 0.3) is 5.96 Å². The van der Waals surface area contributed by atoms with E-state index in [9.17, 15) is 19.7 Å². The van der Waals surface area contributed by atoms with E-state index in [2.05, 4.69) is 4.99 Å². The molecule has 1 aromatic carbocycles. The van der Waals surface area contributed by atoms with Crippen LogP contribution in [0.5, 0.6) is 0 Å². The first-order chi connectivity index (χ1) is 12.8. The average Bonchev–Trinajstić information content (AvgIpc) is 2.63. The van der Waals surface area contributed by atoms with Crippen LogP contribution in [-0.4, -0.2) is 53.9 Å². The molecule has 0 saturated heterocycles. The molecule has 0 fully saturated rings. The number of guanidine groups is 1. The first-order valence-corrected chi connectivity index (χ1v) is 8.20. The Morgan fingerprint density at radius 3 is 2.67 bits per heavy atom. The number of aliphatic imine (C=N–C) groups is 1. The van der Waals surface area contributed by atoms with Crippen molar-refractivity contribution in [2.75, 3.05) is 20.1 Å². The molecule has 1 atom stereocenters. The molecule has 148 valence electrons. The van der Waals surface area contributed by atoms with Crippen LogP contribution in [0, 0.1) is 10.1 Å². The van der Waals surface area contributed by atoms with E-state index in [1.54, 1.807) is 5.43 Å². The largest absolute Gasteiger partial charge is 0.459 e. The van der Waals surface area contributed by atoms with Crippen molar-refractivity contribution in [3.8, 4) is 0 Å². The van der Waals surface area contributed by atoms with Crippen LogP contribution in [0.4, 0.5) is 0 Å². The molecule has 27 heavy (non-hydrogen) atoms. The van der Waals surface area contributed by atoms with E-state index in [0.717, 1.165) is 5.56 Å². The quantitative estimate of drug-likeness (QED) is 0.121. The van der Waals surface area contributed by atoms with E-state index in [1.165, 1.54) is 11.9 Å². The molecule has 0 aromatic heterocycles. The Morgan fingerprint density at radius 1 is 1.37 bits per heavy atom. The summed E-state index contributed by atoms with van der Waals surface area (Å²) in [5.41, 5.74) is 13.6. The predicted molar refractivity (Wildman–Crippen MR) is 97.7 cm³/mol. The third-order valence-electron chi connectivity index (χ3n) is 3.46. The maximum atomic E-state index is 12.2. The number of carbonyl (C=O) groups excluding carboxylic acids is 2. The topological polar surface area (TPSA) is 166 Å². The summed E-state index contributed by atoms with van der Waals surface area (Å²) in [6, 6.07) is 8.36. The van der Waals surface area contributed by atoms with E-state index in [1.807, 2.05) is 30.3 Å². The zero-order valence-corrected chi connectivity index (χ0v) is 15.0. The molecule has 5 N–H and O–H groups in total. The van der Waals surface area contributed by atoms with Gasteiger partial charge in [0.2, 0.25) is 5.91 Å². The van der Waals surface area contributed by atoms with Gasteiger partial charge >= 0.3 is 5.97 Å². The molecule has 11 nitrogen and oxygen atoms in total. The van der Waals surface area contributed by atoms with Crippen molar-refractivity contribution in [2.45, 2.75) is 25.5 Å². The molecule has 1 unspecified atom stereocenters. The maximum Gasteiger partial charge on any atom is 0.325 e. The highest BCUT2D eigenvalue weighted by Crippen LogP contribution is 2.03. The summed E-state index contributed by atoms with van der Waals surface area (Å²) >= 11 is 0. The maximum absolute atomic E-state index is 12.2. The lowest BCUT2D eigenvalue weighted by Crippen LogP contribution is -2.44. The van der Waals surface area contributed by atoms with Gasteiger partial charge in [0.15, 0.2) is 5.03 Å². The number of nitrogens with one attached hydrogen (secondary N) is 1. The highest BCUT2D eigenvalue weighted by Gasteiger charge is 2.20. The minimum absolute atomic E-state index is 0.130. The number of rotatable bonds is 10. The Kier molecular flexibility index (Phi) is 9.23. The first kappa shape index (κ1) is 21.8. The fraction of sp³-hybridized carbons (Fsp3) is 0.438. The van der Waals surface area contributed by atoms with Crippen LogP contribution in [0.15, 0.2) is 35.3 Å². The number of hydrazine groups is 1. The molecule has 0 aliphatic heterocycles. The van der Waals surface area contributed by atoms with Crippen molar-refractivity contribution < 1.29 is 19.4 Å². The van der Waals surface area contributed by atoms with Crippen molar-refractivity contribution in [3.63, 3.8) is 0 Å². The number of nitrogens with two attached hydrogens (primary N) is 2. The third kappa shape index (κ3) is 9.16. The molecule has 0 heterocycles. The number of amides is 1. The van der Waals surface area contributed by atoms with Crippen molar-refractivity contribution in [1.29, 1.82) is 0 Å². The van der Waals surface area contributed by atoms with Gasteiger partial charge in [0.05, 0.1) is 6.04 Å². The molecule has 1 amide bonds. The van der Waals surface area contributed by atoms with Gasteiger partial charge in [0.1, 0.15) is 13.2 Å². The van der Waals surface area contributed by atoms with Crippen molar-refractivity contribution in [1.82, 2.24) is 10.3 Å². The van der Waals surface area contributed by atoms with Gasteiger partial charge in [-0.15, -0.1) is 0 Å². The van der Waals surface area contributed by atoms with Crippen molar-refractivity contribution in [3.05, 3.63) is 46.0 Å². The highest BCUT2D eigenvalue weighted by atomic mass is 16.7. The number of nitro groups is 1. The van der Waals surface area contributed by atoms with Gasteiger partial charge in [-0.3, -0.25) is 9.59 Å². The van der Waals surface area contributed by atoms with Gasteiger partial charge in [-0.25, -0.2) is 15.1 Å². The van der Waals surface area contributed by atoms with E-state index >= 15 is 0 Å². The van der Waals surface area contributed by atoms with E-state index in [0.29, 0.717) is 6.42 Å². The summed E-state index contributed by atoms with van der Waals surface area (Å²) in [4.78, 5) is 39.1. The lowest BCUT2D eigenvalue weighted by molar-refractivity contribution is -0.525. The minimum atomic E-state index is -0.822. The highest BCUT2D eigenvalue weighted by molar-refractivity contribution is 5.85. The number of ether oxygens (including phenoxy) is 1. The fourth-order valence-electron chi connectivity index (χ4n) is 2.10. The Balaban J connectivity index is 2.30. The average molecular weight is 380 g/mol. The Bertz CT molecular complexity index is 667. The molecule has 0 radical (unpaired) electrons. The molecule has 1 rings (SSSR count). The van der Waals surface area contributed by atoms with Crippen LogP contribution in [0.25, 0.3) is 0 Å². The summed E-state index contributed by atoms with van der Waals surface area (Å²) in [5, 5.41) is 9.34. The van der Waals surface area contributed by atoms with Gasteiger partial charge in [0, 0.05) is 13.6 Å². The van der Waals surface area contributed by atoms with Gasteiger partial charge in [-0.05, 0) is 18.4 Å². The van der Waals surface area contributed by atoms with Crippen LogP contribution < -0.4 is 16.9 Å². The standard InChI is InChI=1S/C16H24N6O5/c1-21(10-14(23)27-11-12-6-3-2-4-7-12)15(24)13(17)8-5-9-19-16(18)20-22(25)26/h2-4,6-7,13H,5,8-11,17H2,1H3,(H3,18,19,20). The summed E-state index contributed by atoms with van der Waals surface area (Å²) < 4.78 is 5.12. The zero-order valence-electron chi connectivity index (χ0n) is 15.0. The summed E-state index contributed by atoms with van der Waals surface area (Å²) in [7, 11) is 1.46. The van der Waals surface area contributed by atoms with Crippen LogP contribution in [0.2, 0.25) is 0 Å². The summed E-state index contributed by atoms with van der Waals surface area (Å²) in [5.74, 6) is -1.27. The fourth-order valence-corrected chi connectivity index (χ4v) is 2.10. The SMILES string of the molecule is CN(CC(=O)OCc1ccccc1)C(=O)C(N)CCCN=C(N)N[N+](=O)[O-]. The lowest BCUT2D eigenvalue weighted by atomic mass is 10.1. The van der Waals surface area contributed by atoms with E-state index in [-0.39, 0.29) is 32.1 Å². The molecular weight excluding hydrogens is 356 g/mol. The monoisotopic (exact) mass is 380 g/mol. The Labute approximate surface area is 156 Å². The van der Waals surface area contributed by atoms with Crippen LogP contribution in [-0.2, 0) is 20.9 Å². The number of benzene rings is 1. The summed E-state index contributed by atoms with van der Waals surface area (Å²) in [6.45, 7) is 0.0963. The molecule has 0 saturated carbocycles.